The zero-order chi connectivity index (χ0) is 15.2. The van der Waals surface area contributed by atoms with Gasteiger partial charge in [-0.05, 0) is 57.2 Å². The van der Waals surface area contributed by atoms with E-state index in [9.17, 15) is 4.79 Å². The van der Waals surface area contributed by atoms with E-state index in [4.69, 9.17) is 0 Å². The van der Waals surface area contributed by atoms with Gasteiger partial charge in [0.15, 0.2) is 0 Å². The smallest absolute Gasteiger partial charge is 0.239 e. The van der Waals surface area contributed by atoms with Crippen molar-refractivity contribution < 1.29 is 4.79 Å². The zero-order valence-corrected chi connectivity index (χ0v) is 14.2. The fourth-order valence-corrected chi connectivity index (χ4v) is 3.13. The molecule has 1 aliphatic rings. The Balaban J connectivity index is 1.91. The molecule has 1 heterocycles. The third kappa shape index (κ3) is 4.48. The lowest BCUT2D eigenvalue weighted by Crippen LogP contribution is -2.47. The van der Waals surface area contributed by atoms with E-state index in [2.05, 4.69) is 35.4 Å². The first-order chi connectivity index (χ1) is 10.1. The van der Waals surface area contributed by atoms with Crippen LogP contribution in [-0.2, 0) is 11.3 Å². The maximum absolute atomic E-state index is 12.5. The fourth-order valence-electron chi connectivity index (χ4n) is 2.72. The number of rotatable bonds is 5. The van der Waals surface area contributed by atoms with Gasteiger partial charge in [0.2, 0.25) is 5.91 Å². The second-order valence-corrected chi connectivity index (χ2v) is 6.70. The molecule has 2 rings (SSSR count). The van der Waals surface area contributed by atoms with Crippen molar-refractivity contribution in [3.63, 3.8) is 0 Å². The van der Waals surface area contributed by atoms with E-state index in [0.29, 0.717) is 0 Å². The summed E-state index contributed by atoms with van der Waals surface area (Å²) in [5.41, 5.74) is 1.26. The van der Waals surface area contributed by atoms with Crippen LogP contribution >= 0.6 is 11.8 Å². The van der Waals surface area contributed by atoms with Gasteiger partial charge in [-0.15, -0.1) is 11.8 Å². The average molecular weight is 306 g/mol. The van der Waals surface area contributed by atoms with Gasteiger partial charge >= 0.3 is 0 Å². The normalized spacial score (nSPS) is 17.0. The van der Waals surface area contributed by atoms with Crippen LogP contribution < -0.4 is 0 Å². The molecule has 0 spiro atoms. The third-order valence-electron chi connectivity index (χ3n) is 4.28. The highest BCUT2D eigenvalue weighted by Gasteiger charge is 2.24. The number of likely N-dealkylation sites (tertiary alicyclic amines) is 1. The van der Waals surface area contributed by atoms with Crippen LogP contribution in [0, 0.1) is 0 Å². The standard InChI is InChI=1S/C17H26N2OS/c1-14(17(20)19-11-5-4-6-12-19)18(2)13-15-7-9-16(21-3)10-8-15/h7-10,14H,4-6,11-13H2,1-3H3. The van der Waals surface area contributed by atoms with Gasteiger partial charge in [-0.3, -0.25) is 9.69 Å². The van der Waals surface area contributed by atoms with Crippen molar-refractivity contribution in [2.24, 2.45) is 0 Å². The molecule has 1 aliphatic heterocycles. The molecule has 1 saturated heterocycles. The number of hydrogen-bond donors (Lipinski definition) is 0. The molecule has 1 unspecified atom stereocenters. The molecule has 0 saturated carbocycles. The fraction of sp³-hybridized carbons (Fsp3) is 0.588. The summed E-state index contributed by atoms with van der Waals surface area (Å²) in [6.07, 6.45) is 5.65. The Kier molecular flexibility index (Phi) is 6.12. The summed E-state index contributed by atoms with van der Waals surface area (Å²) in [5, 5.41) is 0. The summed E-state index contributed by atoms with van der Waals surface area (Å²) < 4.78 is 0. The third-order valence-corrected chi connectivity index (χ3v) is 5.02. The van der Waals surface area contributed by atoms with Crippen molar-refractivity contribution in [2.75, 3.05) is 26.4 Å². The number of benzene rings is 1. The highest BCUT2D eigenvalue weighted by molar-refractivity contribution is 7.98. The molecule has 4 heteroatoms. The van der Waals surface area contributed by atoms with Gasteiger partial charge < -0.3 is 4.90 Å². The maximum atomic E-state index is 12.5. The Labute approximate surface area is 132 Å². The molecule has 0 radical (unpaired) electrons. The summed E-state index contributed by atoms with van der Waals surface area (Å²) in [7, 11) is 2.04. The van der Waals surface area contributed by atoms with Crippen molar-refractivity contribution in [3.05, 3.63) is 29.8 Å². The molecule has 3 nitrogen and oxygen atoms in total. The summed E-state index contributed by atoms with van der Waals surface area (Å²) in [5.74, 6) is 0.276. The molecule has 0 aromatic heterocycles. The number of hydrogen-bond acceptors (Lipinski definition) is 3. The van der Waals surface area contributed by atoms with Crippen LogP contribution in [0.1, 0.15) is 31.7 Å². The van der Waals surface area contributed by atoms with Gasteiger partial charge in [-0.25, -0.2) is 0 Å². The van der Waals surface area contributed by atoms with Crippen LogP contribution in [0.15, 0.2) is 29.2 Å². The molecule has 0 bridgehead atoms. The van der Waals surface area contributed by atoms with E-state index in [1.165, 1.54) is 16.9 Å². The quantitative estimate of drug-likeness (QED) is 0.780. The van der Waals surface area contributed by atoms with Crippen LogP contribution in [0.3, 0.4) is 0 Å². The minimum absolute atomic E-state index is 0.0525. The second-order valence-electron chi connectivity index (χ2n) is 5.83. The van der Waals surface area contributed by atoms with E-state index in [-0.39, 0.29) is 11.9 Å². The number of piperidine rings is 1. The Hall–Kier alpha value is -1.00. The van der Waals surface area contributed by atoms with E-state index in [1.54, 1.807) is 11.8 Å². The van der Waals surface area contributed by atoms with Crippen molar-refractivity contribution in [3.8, 4) is 0 Å². The van der Waals surface area contributed by atoms with Crippen LogP contribution in [0.4, 0.5) is 0 Å². The van der Waals surface area contributed by atoms with Crippen molar-refractivity contribution in [1.82, 2.24) is 9.80 Å². The average Bonchev–Trinajstić information content (AvgIpc) is 2.55. The highest BCUT2D eigenvalue weighted by Crippen LogP contribution is 2.17. The summed E-state index contributed by atoms with van der Waals surface area (Å²) in [6.45, 7) is 4.70. The Morgan fingerprint density at radius 2 is 1.86 bits per heavy atom. The Morgan fingerprint density at radius 3 is 2.43 bits per heavy atom. The molecule has 1 aromatic rings. The molecule has 0 N–H and O–H groups in total. The molecule has 0 aliphatic carbocycles. The second kappa shape index (κ2) is 7.85. The number of amides is 1. The van der Waals surface area contributed by atoms with E-state index >= 15 is 0 Å². The number of carbonyl (C=O) groups is 1. The molecule has 21 heavy (non-hydrogen) atoms. The van der Waals surface area contributed by atoms with E-state index in [0.717, 1.165) is 32.5 Å². The highest BCUT2D eigenvalue weighted by atomic mass is 32.2. The van der Waals surface area contributed by atoms with Crippen LogP contribution in [0.5, 0.6) is 0 Å². The lowest BCUT2D eigenvalue weighted by Gasteiger charge is -2.32. The Bertz CT molecular complexity index is 454. The van der Waals surface area contributed by atoms with Gasteiger partial charge in [0.05, 0.1) is 6.04 Å². The first-order valence-corrected chi connectivity index (χ1v) is 8.96. The lowest BCUT2D eigenvalue weighted by atomic mass is 10.1. The number of thioether (sulfide) groups is 1. The first kappa shape index (κ1) is 16.4. The number of carbonyl (C=O) groups excluding carboxylic acids is 1. The molecule has 1 fully saturated rings. The first-order valence-electron chi connectivity index (χ1n) is 7.74. The number of likely N-dealkylation sites (N-methyl/N-ethyl adjacent to an activating group) is 1. The SMILES string of the molecule is CSc1ccc(CN(C)C(C)C(=O)N2CCCCC2)cc1. The van der Waals surface area contributed by atoms with E-state index < -0.39 is 0 Å². The van der Waals surface area contributed by atoms with E-state index in [1.807, 2.05) is 18.9 Å². The molecule has 1 aromatic carbocycles. The monoisotopic (exact) mass is 306 g/mol. The molecule has 1 amide bonds. The minimum Gasteiger partial charge on any atom is -0.341 e. The zero-order valence-electron chi connectivity index (χ0n) is 13.3. The summed E-state index contributed by atoms with van der Waals surface area (Å²) >= 11 is 1.75. The lowest BCUT2D eigenvalue weighted by molar-refractivity contribution is -0.137. The van der Waals surface area contributed by atoms with Crippen LogP contribution in [0.25, 0.3) is 0 Å². The van der Waals surface area contributed by atoms with Crippen molar-refractivity contribution in [1.29, 1.82) is 0 Å². The largest absolute Gasteiger partial charge is 0.341 e. The number of nitrogens with zero attached hydrogens (tertiary/aromatic N) is 2. The molecular weight excluding hydrogens is 280 g/mol. The van der Waals surface area contributed by atoms with Gasteiger partial charge in [0, 0.05) is 24.5 Å². The molecular formula is C17H26N2OS. The molecule has 1 atom stereocenters. The van der Waals surface area contributed by atoms with Crippen molar-refractivity contribution in [2.45, 2.75) is 43.7 Å². The topological polar surface area (TPSA) is 23.6 Å². The van der Waals surface area contributed by atoms with Crippen molar-refractivity contribution >= 4 is 17.7 Å². The summed E-state index contributed by atoms with van der Waals surface area (Å²) in [6, 6.07) is 8.54. The maximum Gasteiger partial charge on any atom is 0.239 e. The van der Waals surface area contributed by atoms with Gasteiger partial charge in [0.1, 0.15) is 0 Å². The Morgan fingerprint density at radius 1 is 1.24 bits per heavy atom. The predicted octanol–water partition coefficient (Wildman–Crippen LogP) is 3.24. The van der Waals surface area contributed by atoms with Crippen LogP contribution in [0.2, 0.25) is 0 Å². The predicted molar refractivity (Wildman–Crippen MR) is 89.6 cm³/mol. The van der Waals surface area contributed by atoms with Crippen LogP contribution in [-0.4, -0.2) is 48.1 Å². The minimum atomic E-state index is -0.0525. The summed E-state index contributed by atoms with van der Waals surface area (Å²) in [4.78, 5) is 18.0. The van der Waals surface area contributed by atoms with Gasteiger partial charge in [-0.1, -0.05) is 12.1 Å². The van der Waals surface area contributed by atoms with Gasteiger partial charge in [-0.2, -0.15) is 0 Å². The van der Waals surface area contributed by atoms with Gasteiger partial charge in [0.25, 0.3) is 0 Å². The molecule has 116 valence electrons.